The Hall–Kier alpha value is -4.14. The Bertz CT molecular complexity index is 1250. The number of para-hydroxylation sites is 1. The van der Waals surface area contributed by atoms with E-state index < -0.39 is 55.2 Å². The molecule has 4 atom stereocenters. The lowest BCUT2D eigenvalue weighted by atomic mass is 9.72. The van der Waals surface area contributed by atoms with Gasteiger partial charge in [0.1, 0.15) is 17.9 Å². The first-order valence-corrected chi connectivity index (χ1v) is 12.4. The lowest BCUT2D eigenvalue weighted by Crippen LogP contribution is -2.64. The zero-order valence-electron chi connectivity index (χ0n) is 21.1. The van der Waals surface area contributed by atoms with Crippen molar-refractivity contribution < 1.29 is 44.2 Å². The molecule has 0 bridgehead atoms. The van der Waals surface area contributed by atoms with Crippen LogP contribution in [0.2, 0.25) is 0 Å². The number of nitrogens with one attached hydrogen (secondary N) is 2. The van der Waals surface area contributed by atoms with E-state index in [4.69, 9.17) is 4.65 Å². The predicted octanol–water partition coefficient (Wildman–Crippen LogP) is -0.881. The highest BCUT2D eigenvalue weighted by Gasteiger charge is 2.42. The minimum absolute atomic E-state index is 0.000223. The molecule has 2 aliphatic rings. The molecular formula is C25H29BN4O9. The van der Waals surface area contributed by atoms with Crippen LogP contribution in [0, 0.1) is 0 Å². The zero-order chi connectivity index (χ0) is 28.3. The number of carbonyl (C=O) groups excluding carboxylic acids is 3. The van der Waals surface area contributed by atoms with E-state index in [9.17, 15) is 39.5 Å². The van der Waals surface area contributed by atoms with Crippen LogP contribution in [0.15, 0.2) is 48.5 Å². The molecule has 2 aliphatic heterocycles. The number of aromatic carboxylic acids is 1. The average molecular weight is 540 g/mol. The summed E-state index contributed by atoms with van der Waals surface area (Å²) < 4.78 is 5.41. The molecule has 0 saturated carbocycles. The normalized spacial score (nSPS) is 20.4. The smallest absolute Gasteiger partial charge is 0.534 e. The van der Waals surface area contributed by atoms with Crippen LogP contribution < -0.4 is 15.3 Å². The Labute approximate surface area is 224 Å². The molecule has 6 N–H and O–H groups in total. The van der Waals surface area contributed by atoms with Crippen LogP contribution in [0.25, 0.3) is 0 Å². The van der Waals surface area contributed by atoms with Crippen LogP contribution in [0.1, 0.15) is 34.5 Å². The van der Waals surface area contributed by atoms with Gasteiger partial charge in [-0.25, -0.2) is 9.59 Å². The van der Waals surface area contributed by atoms with E-state index in [1.54, 1.807) is 43.3 Å². The largest absolute Gasteiger partial charge is 0.547 e. The third kappa shape index (κ3) is 5.82. The molecule has 14 heteroatoms. The Balaban J connectivity index is 1.54. The molecule has 4 amide bonds. The molecule has 2 heterocycles. The number of aliphatic hydroxyl groups excluding tert-OH is 2. The van der Waals surface area contributed by atoms with Crippen LogP contribution in [-0.4, -0.2) is 98.9 Å². The van der Waals surface area contributed by atoms with Crippen molar-refractivity contribution in [2.24, 2.45) is 0 Å². The maximum atomic E-state index is 13.4. The summed E-state index contributed by atoms with van der Waals surface area (Å²) in [6, 6.07) is 9.98. The third-order valence-corrected chi connectivity index (χ3v) is 6.78. The number of nitrogens with zero attached hydrogens (tertiary/aromatic N) is 2. The summed E-state index contributed by atoms with van der Waals surface area (Å²) in [6.07, 6.45) is -3.28. The maximum absolute atomic E-state index is 13.4. The molecule has 0 aliphatic carbocycles. The van der Waals surface area contributed by atoms with Crippen LogP contribution in [-0.2, 0) is 16.0 Å². The van der Waals surface area contributed by atoms with Crippen molar-refractivity contribution >= 4 is 30.9 Å². The fourth-order valence-corrected chi connectivity index (χ4v) is 4.62. The number of amides is 4. The zero-order valence-corrected chi connectivity index (χ0v) is 21.1. The van der Waals surface area contributed by atoms with Crippen LogP contribution in [0.3, 0.4) is 0 Å². The number of hydrogen-bond acceptors (Lipinski definition) is 8. The van der Waals surface area contributed by atoms with E-state index >= 15 is 0 Å². The number of fused-ring (bicyclic) bond motifs is 1. The monoisotopic (exact) mass is 540 g/mol. The van der Waals surface area contributed by atoms with Crippen molar-refractivity contribution in [1.29, 1.82) is 0 Å². The van der Waals surface area contributed by atoms with Crippen LogP contribution in [0.4, 0.5) is 4.79 Å². The van der Waals surface area contributed by atoms with Gasteiger partial charge in [-0.15, -0.1) is 0 Å². The lowest BCUT2D eigenvalue weighted by Gasteiger charge is -2.38. The second-order valence-electron chi connectivity index (χ2n) is 9.19. The number of carboxylic acids is 1. The molecule has 1 saturated heterocycles. The number of urea groups is 1. The second-order valence-corrected chi connectivity index (χ2v) is 9.19. The minimum atomic E-state index is -1.76. The molecule has 2 aromatic carbocycles. The summed E-state index contributed by atoms with van der Waals surface area (Å²) in [5.41, 5.74) is 0.602. The first-order valence-electron chi connectivity index (χ1n) is 12.4. The Morgan fingerprint density at radius 1 is 1.13 bits per heavy atom. The third-order valence-electron chi connectivity index (χ3n) is 6.78. The van der Waals surface area contributed by atoms with Gasteiger partial charge in [-0.2, -0.15) is 0 Å². The van der Waals surface area contributed by atoms with Gasteiger partial charge in [-0.3, -0.25) is 14.5 Å². The summed E-state index contributed by atoms with van der Waals surface area (Å²) in [5.74, 6) is -3.84. The van der Waals surface area contributed by atoms with Gasteiger partial charge in [-0.1, -0.05) is 42.5 Å². The fourth-order valence-electron chi connectivity index (χ4n) is 4.62. The Kier molecular flexibility index (Phi) is 8.38. The summed E-state index contributed by atoms with van der Waals surface area (Å²) in [5, 5.41) is 46.3. The molecule has 2 aromatic rings. The molecule has 13 nitrogen and oxygen atoms in total. The summed E-state index contributed by atoms with van der Waals surface area (Å²) in [7, 11) is -1.62. The van der Waals surface area contributed by atoms with E-state index in [2.05, 4.69) is 10.6 Å². The van der Waals surface area contributed by atoms with Gasteiger partial charge in [-0.05, 0) is 30.5 Å². The highest BCUT2D eigenvalue weighted by Crippen LogP contribution is 2.30. The number of piperazine rings is 1. The SMILES string of the molecule is CCN1CCN(C(=O)N[C@H](C(=O)N[C@H]2Cc3cccc(C(=O)O)c3OB2O)C(O)c2ccccc2)C(O)C1=O. The fraction of sp³-hybridized carbons (Fsp3) is 0.360. The first-order chi connectivity index (χ1) is 18.6. The molecule has 1 fully saturated rings. The molecule has 206 valence electrons. The van der Waals surface area contributed by atoms with Crippen molar-refractivity contribution in [3.8, 4) is 5.75 Å². The molecule has 0 aromatic heterocycles. The van der Waals surface area contributed by atoms with E-state index in [0.29, 0.717) is 17.7 Å². The van der Waals surface area contributed by atoms with E-state index in [-0.39, 0.29) is 30.8 Å². The Morgan fingerprint density at radius 2 is 1.85 bits per heavy atom. The number of likely N-dealkylation sites (N-methyl/N-ethyl adjacent to an activating group) is 1. The van der Waals surface area contributed by atoms with Crippen molar-refractivity contribution in [2.75, 3.05) is 19.6 Å². The molecule has 39 heavy (non-hydrogen) atoms. The number of aliphatic hydroxyl groups is 2. The van der Waals surface area contributed by atoms with E-state index in [0.717, 1.165) is 4.90 Å². The van der Waals surface area contributed by atoms with Gasteiger partial charge in [0.25, 0.3) is 5.91 Å². The van der Waals surface area contributed by atoms with E-state index in [1.165, 1.54) is 17.0 Å². The average Bonchev–Trinajstić information content (AvgIpc) is 2.93. The van der Waals surface area contributed by atoms with Crippen molar-refractivity contribution in [3.05, 3.63) is 65.2 Å². The van der Waals surface area contributed by atoms with Crippen molar-refractivity contribution in [3.63, 3.8) is 0 Å². The molecule has 4 rings (SSSR count). The topological polar surface area (TPSA) is 189 Å². The highest BCUT2D eigenvalue weighted by molar-refractivity contribution is 6.47. The number of rotatable bonds is 7. The lowest BCUT2D eigenvalue weighted by molar-refractivity contribution is -0.153. The summed E-state index contributed by atoms with van der Waals surface area (Å²) in [4.78, 5) is 52.6. The standard InChI is InChI=1S/C25H29BN4O9/c1-2-29-11-12-30(23(34)22(29)33)25(37)28-18(19(31)14-7-4-3-5-8-14)21(32)27-17-13-15-9-6-10-16(24(35)36)20(15)39-26(17)38/h3-10,17-19,23,31,34,38H,2,11-13H2,1H3,(H,27,32)(H,28,37)(H,35,36)/t17-,18-,19?,23?/m0/s1. The van der Waals surface area contributed by atoms with Crippen LogP contribution >= 0.6 is 0 Å². The molecular weight excluding hydrogens is 511 g/mol. The number of carbonyl (C=O) groups is 4. The molecule has 2 unspecified atom stereocenters. The number of benzene rings is 2. The van der Waals surface area contributed by atoms with E-state index in [1.807, 2.05) is 0 Å². The molecule has 0 radical (unpaired) electrons. The van der Waals surface area contributed by atoms with Crippen molar-refractivity contribution in [1.82, 2.24) is 20.4 Å². The molecule has 0 spiro atoms. The number of carboxylic acid groups (broad SMARTS) is 1. The van der Waals surface area contributed by atoms with Gasteiger partial charge in [0.05, 0.1) is 11.5 Å². The Morgan fingerprint density at radius 3 is 2.51 bits per heavy atom. The summed E-state index contributed by atoms with van der Waals surface area (Å²) in [6.45, 7) is 2.27. The van der Waals surface area contributed by atoms with Gasteiger partial charge >= 0.3 is 19.1 Å². The van der Waals surface area contributed by atoms with Gasteiger partial charge in [0.2, 0.25) is 12.1 Å². The first kappa shape index (κ1) is 27.9. The highest BCUT2D eigenvalue weighted by atomic mass is 16.5. The summed E-state index contributed by atoms with van der Waals surface area (Å²) >= 11 is 0. The second kappa shape index (κ2) is 11.7. The van der Waals surface area contributed by atoms with Crippen molar-refractivity contribution in [2.45, 2.75) is 37.7 Å². The van der Waals surface area contributed by atoms with Gasteiger partial charge in [0.15, 0.2) is 0 Å². The quantitative estimate of drug-likeness (QED) is 0.242. The van der Waals surface area contributed by atoms with Gasteiger partial charge in [0, 0.05) is 19.6 Å². The minimum Gasteiger partial charge on any atom is -0.534 e. The van der Waals surface area contributed by atoms with Gasteiger partial charge < -0.3 is 40.5 Å². The predicted molar refractivity (Wildman–Crippen MR) is 136 cm³/mol. The number of hydrogen-bond donors (Lipinski definition) is 6. The van der Waals surface area contributed by atoms with Crippen LogP contribution in [0.5, 0.6) is 5.75 Å². The maximum Gasteiger partial charge on any atom is 0.547 e.